The molecule has 2 N–H and O–H groups in total. The Bertz CT molecular complexity index is 1030. The highest BCUT2D eigenvalue weighted by Crippen LogP contribution is 2.57. The molecule has 0 aromatic heterocycles. The highest BCUT2D eigenvalue weighted by molar-refractivity contribution is 6.35. The van der Waals surface area contributed by atoms with Gasteiger partial charge in [0, 0.05) is 27.7 Å². The quantitative estimate of drug-likeness (QED) is 0.410. The largest absolute Gasteiger partial charge is 0.490 e. The summed E-state index contributed by atoms with van der Waals surface area (Å²) in [6.07, 6.45) is 6.37. The zero-order valence-electron chi connectivity index (χ0n) is 18.8. The number of halogens is 3. The van der Waals surface area contributed by atoms with E-state index >= 15 is 0 Å². The van der Waals surface area contributed by atoms with Gasteiger partial charge in [0.1, 0.15) is 6.61 Å². The van der Waals surface area contributed by atoms with Crippen LogP contribution in [-0.2, 0) is 13.2 Å². The lowest BCUT2D eigenvalue weighted by Crippen LogP contribution is -2.64. The van der Waals surface area contributed by atoms with Crippen LogP contribution >= 0.6 is 34.8 Å². The molecular weight excluding hydrogens is 481 g/mol. The first-order valence-electron chi connectivity index (χ1n) is 11.8. The third-order valence-corrected chi connectivity index (χ3v) is 8.32. The van der Waals surface area contributed by atoms with Crippen LogP contribution in [0.4, 0.5) is 0 Å². The zero-order chi connectivity index (χ0) is 23.2. The van der Waals surface area contributed by atoms with Crippen molar-refractivity contribution < 1.29 is 14.6 Å². The van der Waals surface area contributed by atoms with Crippen LogP contribution in [0.3, 0.4) is 0 Å². The summed E-state index contributed by atoms with van der Waals surface area (Å²) in [4.78, 5) is 0. The Balaban J connectivity index is 1.31. The first-order chi connectivity index (χ1) is 15.8. The summed E-state index contributed by atoms with van der Waals surface area (Å²) in [5.41, 5.74) is 1.41. The first kappa shape index (κ1) is 23.6. The summed E-state index contributed by atoms with van der Waals surface area (Å²) >= 11 is 18.9. The predicted molar refractivity (Wildman–Crippen MR) is 133 cm³/mol. The fourth-order valence-corrected chi connectivity index (χ4v) is 7.38. The summed E-state index contributed by atoms with van der Waals surface area (Å²) < 4.78 is 11.9. The predicted octanol–water partition coefficient (Wildman–Crippen LogP) is 6.80. The maximum absolute atomic E-state index is 11.0. The normalized spacial score (nSPS) is 30.0. The van der Waals surface area contributed by atoms with Crippen molar-refractivity contribution in [3.63, 3.8) is 0 Å². The Hall–Kier alpha value is -1.17. The molecule has 4 bridgehead atoms. The van der Waals surface area contributed by atoms with Crippen molar-refractivity contribution in [3.05, 3.63) is 56.5 Å². The van der Waals surface area contributed by atoms with Gasteiger partial charge in [-0.25, -0.2) is 0 Å². The molecule has 0 saturated heterocycles. The van der Waals surface area contributed by atoms with Crippen LogP contribution in [0.2, 0.25) is 15.1 Å². The molecule has 2 aromatic rings. The van der Waals surface area contributed by atoms with E-state index in [1.807, 2.05) is 25.1 Å². The number of nitrogens with one attached hydrogen (secondary N) is 1. The highest BCUT2D eigenvalue weighted by Gasteiger charge is 2.56. The van der Waals surface area contributed by atoms with Gasteiger partial charge in [-0.3, -0.25) is 0 Å². The average Bonchev–Trinajstić information content (AvgIpc) is 2.71. The number of benzene rings is 2. The zero-order valence-corrected chi connectivity index (χ0v) is 21.1. The van der Waals surface area contributed by atoms with Gasteiger partial charge in [0.05, 0.1) is 17.2 Å². The van der Waals surface area contributed by atoms with E-state index < -0.39 is 5.60 Å². The summed E-state index contributed by atoms with van der Waals surface area (Å²) in [5, 5.41) is 16.5. The summed E-state index contributed by atoms with van der Waals surface area (Å²) in [5.74, 6) is 2.41. The van der Waals surface area contributed by atoms with Crippen molar-refractivity contribution in [1.82, 2.24) is 5.32 Å². The van der Waals surface area contributed by atoms with Crippen molar-refractivity contribution in [1.29, 1.82) is 0 Å². The van der Waals surface area contributed by atoms with E-state index in [2.05, 4.69) is 5.32 Å². The minimum Gasteiger partial charge on any atom is -0.490 e. The maximum Gasteiger partial charge on any atom is 0.180 e. The Morgan fingerprint density at radius 3 is 2.42 bits per heavy atom. The summed E-state index contributed by atoms with van der Waals surface area (Å²) in [6, 6.07) is 9.26. The topological polar surface area (TPSA) is 50.7 Å². The lowest BCUT2D eigenvalue weighted by Gasteiger charge is -2.60. The second-order valence-corrected chi connectivity index (χ2v) is 11.4. The number of aliphatic hydroxyl groups is 1. The van der Waals surface area contributed by atoms with Crippen molar-refractivity contribution in [2.75, 3.05) is 6.61 Å². The van der Waals surface area contributed by atoms with E-state index in [1.54, 1.807) is 12.1 Å². The van der Waals surface area contributed by atoms with Gasteiger partial charge in [0.25, 0.3) is 0 Å². The minimum atomic E-state index is -0.480. The van der Waals surface area contributed by atoms with E-state index in [1.165, 1.54) is 6.42 Å². The molecule has 0 aliphatic heterocycles. The Kier molecular flexibility index (Phi) is 6.52. The molecule has 6 rings (SSSR count). The van der Waals surface area contributed by atoms with Crippen molar-refractivity contribution in [2.45, 2.75) is 69.7 Å². The van der Waals surface area contributed by atoms with Gasteiger partial charge < -0.3 is 19.9 Å². The van der Waals surface area contributed by atoms with E-state index in [9.17, 15) is 5.11 Å². The Morgan fingerprint density at radius 2 is 1.76 bits per heavy atom. The van der Waals surface area contributed by atoms with Crippen LogP contribution in [-0.4, -0.2) is 22.9 Å². The molecule has 0 radical (unpaired) electrons. The first-order valence-corrected chi connectivity index (χ1v) is 12.9. The maximum atomic E-state index is 11.0. The van der Waals surface area contributed by atoms with Gasteiger partial charge in [0.2, 0.25) is 0 Å². The van der Waals surface area contributed by atoms with Crippen LogP contribution in [0, 0.1) is 11.8 Å². The lowest BCUT2D eigenvalue weighted by molar-refractivity contribution is -0.142. The monoisotopic (exact) mass is 509 g/mol. The molecule has 4 aliphatic rings. The van der Waals surface area contributed by atoms with Gasteiger partial charge in [0.15, 0.2) is 11.5 Å². The summed E-state index contributed by atoms with van der Waals surface area (Å²) in [7, 11) is 0. The molecule has 0 spiro atoms. The molecule has 2 unspecified atom stereocenters. The van der Waals surface area contributed by atoms with Gasteiger partial charge in [-0.1, -0.05) is 40.9 Å². The van der Waals surface area contributed by atoms with E-state index in [0.29, 0.717) is 51.6 Å². The standard InChI is InChI=1S/C26H30Cl3NO3/c1-2-32-23-7-16(6-22(29)24(23)33-14-19-3-4-20(27)8-21(19)28)13-30-25-9-17-5-18(10-25)12-26(31,11-17)15-25/h3-4,6-8,17-18,30-31H,2,5,9-15H2,1H3. The highest BCUT2D eigenvalue weighted by atomic mass is 35.5. The van der Waals surface area contributed by atoms with Crippen molar-refractivity contribution in [2.24, 2.45) is 11.8 Å². The fourth-order valence-electron chi connectivity index (χ4n) is 6.63. The smallest absolute Gasteiger partial charge is 0.180 e. The average molecular weight is 511 g/mol. The number of ether oxygens (including phenoxy) is 2. The molecule has 4 nitrogen and oxygen atoms in total. The van der Waals surface area contributed by atoms with Gasteiger partial charge >= 0.3 is 0 Å². The fraction of sp³-hybridized carbons (Fsp3) is 0.538. The summed E-state index contributed by atoms with van der Waals surface area (Å²) in [6.45, 7) is 3.39. The van der Waals surface area contributed by atoms with Gasteiger partial charge in [-0.05, 0) is 87.1 Å². The van der Waals surface area contributed by atoms with Crippen LogP contribution in [0.25, 0.3) is 0 Å². The number of rotatable bonds is 8. The minimum absolute atomic E-state index is 0.0254. The van der Waals surface area contributed by atoms with Crippen LogP contribution in [0.5, 0.6) is 11.5 Å². The molecule has 2 aromatic carbocycles. The second kappa shape index (κ2) is 9.13. The van der Waals surface area contributed by atoms with Gasteiger partial charge in [-0.2, -0.15) is 0 Å². The molecule has 4 fully saturated rings. The van der Waals surface area contributed by atoms with E-state index in [0.717, 1.165) is 43.2 Å². The Labute approximate surface area is 210 Å². The van der Waals surface area contributed by atoms with Crippen LogP contribution in [0.15, 0.2) is 30.3 Å². The SMILES string of the molecule is CCOc1cc(CNC23CC4CC(CC(O)(C4)C2)C3)cc(Cl)c1OCc1ccc(Cl)cc1Cl. The van der Waals surface area contributed by atoms with Gasteiger partial charge in [-0.15, -0.1) is 0 Å². The third-order valence-electron chi connectivity index (χ3n) is 7.45. The number of hydrogen-bond donors (Lipinski definition) is 2. The Morgan fingerprint density at radius 1 is 1.00 bits per heavy atom. The van der Waals surface area contributed by atoms with Crippen LogP contribution in [0.1, 0.15) is 56.6 Å². The lowest BCUT2D eigenvalue weighted by atomic mass is 9.51. The molecule has 0 amide bonds. The third kappa shape index (κ3) is 4.97. The molecular formula is C26H30Cl3NO3. The molecule has 2 atom stereocenters. The second-order valence-electron chi connectivity index (χ2n) is 10.2. The molecule has 0 heterocycles. The molecule has 178 valence electrons. The van der Waals surface area contributed by atoms with E-state index in [4.69, 9.17) is 44.3 Å². The molecule has 33 heavy (non-hydrogen) atoms. The van der Waals surface area contributed by atoms with E-state index in [-0.39, 0.29) is 12.1 Å². The number of hydrogen-bond acceptors (Lipinski definition) is 4. The van der Waals surface area contributed by atoms with Crippen molar-refractivity contribution >= 4 is 34.8 Å². The molecule has 7 heteroatoms. The van der Waals surface area contributed by atoms with Crippen molar-refractivity contribution in [3.8, 4) is 11.5 Å². The molecule has 4 saturated carbocycles. The molecule has 4 aliphatic carbocycles. The van der Waals surface area contributed by atoms with Crippen LogP contribution < -0.4 is 14.8 Å².